The van der Waals surface area contributed by atoms with Gasteiger partial charge in [0.2, 0.25) is 0 Å². The van der Waals surface area contributed by atoms with Crippen LogP contribution in [0.2, 0.25) is 0 Å². The van der Waals surface area contributed by atoms with Crippen LogP contribution in [0.15, 0.2) is 48.5 Å². The zero-order chi connectivity index (χ0) is 17.4. The molecule has 0 aromatic heterocycles. The molecule has 0 saturated heterocycles. The molecule has 24 heavy (non-hydrogen) atoms. The number of aliphatic hydroxyl groups excluding tert-OH is 1. The van der Waals surface area contributed by atoms with Crippen LogP contribution in [-0.4, -0.2) is 31.4 Å². The van der Waals surface area contributed by atoms with Gasteiger partial charge >= 0.3 is 6.03 Å². The van der Waals surface area contributed by atoms with E-state index in [9.17, 15) is 9.90 Å². The van der Waals surface area contributed by atoms with Crippen LogP contribution in [0.25, 0.3) is 0 Å². The highest BCUT2D eigenvalue weighted by Gasteiger charge is 2.13. The standard InChI is InChI=1S/C18H22N2O4/c1-3-24-14-10-8-13(9-11-14)20-18(22)19-12-16(21)15-6-4-5-7-17(15)23-2/h4-11,16,21H,3,12H2,1-2H3,(H2,19,20,22)/t16-/m0/s1. The minimum atomic E-state index is -0.854. The van der Waals surface area contributed by atoms with Crippen LogP contribution in [0.1, 0.15) is 18.6 Å². The van der Waals surface area contributed by atoms with E-state index < -0.39 is 12.1 Å². The zero-order valence-electron chi connectivity index (χ0n) is 13.8. The molecule has 0 aliphatic carbocycles. The third-order valence-electron chi connectivity index (χ3n) is 3.38. The number of carbonyl (C=O) groups is 1. The van der Waals surface area contributed by atoms with Crippen LogP contribution >= 0.6 is 0 Å². The van der Waals surface area contributed by atoms with Gasteiger partial charge in [0.1, 0.15) is 11.5 Å². The number of amides is 2. The Morgan fingerprint density at radius 3 is 2.54 bits per heavy atom. The lowest BCUT2D eigenvalue weighted by Gasteiger charge is -2.15. The van der Waals surface area contributed by atoms with Crippen LogP contribution in [0, 0.1) is 0 Å². The molecule has 3 N–H and O–H groups in total. The maximum absolute atomic E-state index is 11.9. The first-order valence-electron chi connectivity index (χ1n) is 7.72. The van der Waals surface area contributed by atoms with Crippen molar-refractivity contribution >= 4 is 11.7 Å². The minimum Gasteiger partial charge on any atom is -0.496 e. The summed E-state index contributed by atoms with van der Waals surface area (Å²) in [6.07, 6.45) is -0.854. The molecule has 0 bridgehead atoms. The summed E-state index contributed by atoms with van der Waals surface area (Å²) in [5.41, 5.74) is 1.27. The molecule has 0 aliphatic rings. The van der Waals surface area contributed by atoms with E-state index in [1.54, 1.807) is 42.5 Å². The molecule has 6 heteroatoms. The molecule has 2 rings (SSSR count). The number of urea groups is 1. The molecular formula is C18H22N2O4. The summed E-state index contributed by atoms with van der Waals surface area (Å²) in [4.78, 5) is 11.9. The van der Waals surface area contributed by atoms with E-state index in [2.05, 4.69) is 10.6 Å². The number of anilines is 1. The van der Waals surface area contributed by atoms with Crippen LogP contribution in [-0.2, 0) is 0 Å². The highest BCUT2D eigenvalue weighted by atomic mass is 16.5. The predicted molar refractivity (Wildman–Crippen MR) is 92.6 cm³/mol. The molecule has 2 aromatic carbocycles. The molecule has 2 aromatic rings. The van der Waals surface area contributed by atoms with Gasteiger partial charge in [0, 0.05) is 17.8 Å². The van der Waals surface area contributed by atoms with Gasteiger partial charge < -0.3 is 25.2 Å². The van der Waals surface area contributed by atoms with Crippen molar-refractivity contribution < 1.29 is 19.4 Å². The number of hydrogen-bond donors (Lipinski definition) is 3. The van der Waals surface area contributed by atoms with Gasteiger partial charge in [-0.1, -0.05) is 18.2 Å². The average Bonchev–Trinajstić information content (AvgIpc) is 2.61. The van der Waals surface area contributed by atoms with E-state index >= 15 is 0 Å². The third kappa shape index (κ3) is 4.89. The lowest BCUT2D eigenvalue weighted by molar-refractivity contribution is 0.171. The fourth-order valence-electron chi connectivity index (χ4n) is 2.22. The second-order valence-electron chi connectivity index (χ2n) is 5.05. The summed E-state index contributed by atoms with van der Waals surface area (Å²) in [5, 5.41) is 15.5. The number of ether oxygens (including phenoxy) is 2. The van der Waals surface area contributed by atoms with Crippen LogP contribution < -0.4 is 20.1 Å². The molecule has 0 spiro atoms. The number of para-hydroxylation sites is 1. The van der Waals surface area contributed by atoms with Crippen molar-refractivity contribution in [1.82, 2.24) is 5.32 Å². The number of methoxy groups -OCH3 is 1. The average molecular weight is 330 g/mol. The van der Waals surface area contributed by atoms with Gasteiger partial charge in [-0.15, -0.1) is 0 Å². The quantitative estimate of drug-likeness (QED) is 0.729. The largest absolute Gasteiger partial charge is 0.496 e. The topological polar surface area (TPSA) is 79.8 Å². The SMILES string of the molecule is CCOc1ccc(NC(=O)NC[C@H](O)c2ccccc2OC)cc1. The molecule has 0 aliphatic heterocycles. The monoisotopic (exact) mass is 330 g/mol. The Balaban J connectivity index is 1.86. The maximum Gasteiger partial charge on any atom is 0.319 e. The van der Waals surface area contributed by atoms with Crippen molar-refractivity contribution in [3.63, 3.8) is 0 Å². The summed E-state index contributed by atoms with van der Waals surface area (Å²) in [7, 11) is 1.54. The highest BCUT2D eigenvalue weighted by molar-refractivity contribution is 5.89. The summed E-state index contributed by atoms with van der Waals surface area (Å²) in [5.74, 6) is 1.33. The Labute approximate surface area is 141 Å². The summed E-state index contributed by atoms with van der Waals surface area (Å²) < 4.78 is 10.5. The number of nitrogens with one attached hydrogen (secondary N) is 2. The van der Waals surface area contributed by atoms with Gasteiger partial charge in [0.25, 0.3) is 0 Å². The normalized spacial score (nSPS) is 11.5. The first kappa shape index (κ1) is 17.6. The second-order valence-corrected chi connectivity index (χ2v) is 5.05. The molecule has 0 unspecified atom stereocenters. The van der Waals surface area contributed by atoms with Gasteiger partial charge in [-0.2, -0.15) is 0 Å². The Morgan fingerprint density at radius 1 is 1.17 bits per heavy atom. The zero-order valence-corrected chi connectivity index (χ0v) is 13.8. The van der Waals surface area contributed by atoms with Gasteiger partial charge in [0.15, 0.2) is 0 Å². The van der Waals surface area contributed by atoms with Crippen molar-refractivity contribution in [1.29, 1.82) is 0 Å². The first-order chi connectivity index (χ1) is 11.6. The van der Waals surface area contributed by atoms with Crippen LogP contribution in [0.3, 0.4) is 0 Å². The van der Waals surface area contributed by atoms with Gasteiger partial charge in [0.05, 0.1) is 19.8 Å². The second kappa shape index (κ2) is 8.79. The third-order valence-corrected chi connectivity index (χ3v) is 3.38. The highest BCUT2D eigenvalue weighted by Crippen LogP contribution is 2.24. The molecule has 1 atom stereocenters. The summed E-state index contributed by atoms with van der Waals surface area (Å²) >= 11 is 0. The fraction of sp³-hybridized carbons (Fsp3) is 0.278. The van der Waals surface area contributed by atoms with Crippen molar-refractivity contribution in [3.8, 4) is 11.5 Å². The van der Waals surface area contributed by atoms with E-state index in [0.29, 0.717) is 23.6 Å². The molecule has 6 nitrogen and oxygen atoms in total. The lowest BCUT2D eigenvalue weighted by atomic mass is 10.1. The molecule has 128 valence electrons. The fourth-order valence-corrected chi connectivity index (χ4v) is 2.22. The van der Waals surface area contributed by atoms with E-state index in [1.807, 2.05) is 13.0 Å². The summed E-state index contributed by atoms with van der Waals surface area (Å²) in [6.45, 7) is 2.57. The van der Waals surface area contributed by atoms with Gasteiger partial charge in [-0.05, 0) is 37.3 Å². The van der Waals surface area contributed by atoms with Crippen molar-refractivity contribution in [2.45, 2.75) is 13.0 Å². The summed E-state index contributed by atoms with van der Waals surface area (Å²) in [6, 6.07) is 13.8. The lowest BCUT2D eigenvalue weighted by Crippen LogP contribution is -2.32. The number of aliphatic hydroxyl groups is 1. The van der Waals surface area contributed by atoms with E-state index in [1.165, 1.54) is 7.11 Å². The first-order valence-corrected chi connectivity index (χ1v) is 7.72. The van der Waals surface area contributed by atoms with Crippen LogP contribution in [0.5, 0.6) is 11.5 Å². The van der Waals surface area contributed by atoms with Crippen LogP contribution in [0.4, 0.5) is 10.5 Å². The van der Waals surface area contributed by atoms with Crippen molar-refractivity contribution in [3.05, 3.63) is 54.1 Å². The van der Waals surface area contributed by atoms with E-state index in [0.717, 1.165) is 5.75 Å². The Kier molecular flexibility index (Phi) is 6.45. The molecular weight excluding hydrogens is 308 g/mol. The molecule has 0 radical (unpaired) electrons. The molecule has 2 amide bonds. The molecule has 0 heterocycles. The maximum atomic E-state index is 11.9. The predicted octanol–water partition coefficient (Wildman–Crippen LogP) is 2.95. The number of benzene rings is 2. The van der Waals surface area contributed by atoms with E-state index in [-0.39, 0.29) is 6.54 Å². The minimum absolute atomic E-state index is 0.0727. The van der Waals surface area contributed by atoms with Gasteiger partial charge in [-0.25, -0.2) is 4.79 Å². The molecule has 0 saturated carbocycles. The number of hydrogen-bond acceptors (Lipinski definition) is 4. The Bertz CT molecular complexity index is 658. The number of carbonyl (C=O) groups excluding carboxylic acids is 1. The Hall–Kier alpha value is -2.73. The van der Waals surface area contributed by atoms with Crippen molar-refractivity contribution in [2.75, 3.05) is 25.6 Å². The smallest absolute Gasteiger partial charge is 0.319 e. The van der Waals surface area contributed by atoms with Gasteiger partial charge in [-0.3, -0.25) is 0 Å². The Morgan fingerprint density at radius 2 is 1.88 bits per heavy atom. The molecule has 0 fully saturated rings. The van der Waals surface area contributed by atoms with E-state index in [4.69, 9.17) is 9.47 Å². The number of rotatable bonds is 7. The van der Waals surface area contributed by atoms with Crippen molar-refractivity contribution in [2.24, 2.45) is 0 Å².